The zero-order chi connectivity index (χ0) is 14.9. The maximum absolute atomic E-state index is 12.7. The fourth-order valence-corrected chi connectivity index (χ4v) is 2.97. The summed E-state index contributed by atoms with van der Waals surface area (Å²) in [4.78, 5) is 14.3. The number of nitrogens with zero attached hydrogens (tertiary/aromatic N) is 1. The molecule has 3 nitrogen and oxygen atoms in total. The zero-order valence-corrected chi connectivity index (χ0v) is 12.1. The highest BCUT2D eigenvalue weighted by Gasteiger charge is 2.49. The molecular weight excluding hydrogens is 262 g/mol. The van der Waals surface area contributed by atoms with E-state index in [2.05, 4.69) is 6.92 Å². The molecule has 1 aliphatic rings. The van der Waals surface area contributed by atoms with Crippen molar-refractivity contribution in [2.45, 2.75) is 25.5 Å². The third kappa shape index (κ3) is 2.05. The third-order valence-electron chi connectivity index (χ3n) is 4.08. The van der Waals surface area contributed by atoms with Crippen LogP contribution in [0, 0.1) is 0 Å². The SMILES string of the molecule is CCCCN1C(=O)c2ccccc2C1(O)c1ccccc1. The Morgan fingerprint density at radius 2 is 1.71 bits per heavy atom. The molecule has 0 saturated carbocycles. The summed E-state index contributed by atoms with van der Waals surface area (Å²) in [5.74, 6) is -0.0922. The van der Waals surface area contributed by atoms with Crippen molar-refractivity contribution in [2.75, 3.05) is 6.54 Å². The van der Waals surface area contributed by atoms with Crippen molar-refractivity contribution in [3.63, 3.8) is 0 Å². The molecule has 0 aromatic heterocycles. The fourth-order valence-electron chi connectivity index (χ4n) is 2.97. The summed E-state index contributed by atoms with van der Waals surface area (Å²) in [6.07, 6.45) is 1.85. The highest BCUT2D eigenvalue weighted by atomic mass is 16.3. The Labute approximate surface area is 124 Å². The first-order valence-corrected chi connectivity index (χ1v) is 7.39. The van der Waals surface area contributed by atoms with E-state index in [1.54, 1.807) is 11.0 Å². The predicted molar refractivity (Wildman–Crippen MR) is 81.8 cm³/mol. The second-order valence-corrected chi connectivity index (χ2v) is 5.39. The molecule has 2 aromatic carbocycles. The molecular formula is C18H19NO2. The minimum atomic E-state index is -1.36. The topological polar surface area (TPSA) is 40.5 Å². The summed E-state index contributed by atoms with van der Waals surface area (Å²) in [6, 6.07) is 16.8. The zero-order valence-electron chi connectivity index (χ0n) is 12.1. The van der Waals surface area contributed by atoms with Crippen LogP contribution in [-0.4, -0.2) is 22.5 Å². The molecule has 1 atom stereocenters. The van der Waals surface area contributed by atoms with Crippen molar-refractivity contribution in [3.8, 4) is 0 Å². The number of hydrogen-bond acceptors (Lipinski definition) is 2. The summed E-state index contributed by atoms with van der Waals surface area (Å²) < 4.78 is 0. The van der Waals surface area contributed by atoms with Gasteiger partial charge < -0.3 is 10.0 Å². The van der Waals surface area contributed by atoms with Gasteiger partial charge in [-0.25, -0.2) is 0 Å². The van der Waals surface area contributed by atoms with E-state index >= 15 is 0 Å². The Hall–Kier alpha value is -2.13. The van der Waals surface area contributed by atoms with Gasteiger partial charge in [0.05, 0.1) is 0 Å². The summed E-state index contributed by atoms with van der Waals surface area (Å²) >= 11 is 0. The number of amides is 1. The molecule has 1 heterocycles. The van der Waals surface area contributed by atoms with Crippen molar-refractivity contribution >= 4 is 5.91 Å². The van der Waals surface area contributed by atoms with Crippen molar-refractivity contribution < 1.29 is 9.90 Å². The molecule has 1 unspecified atom stereocenters. The van der Waals surface area contributed by atoms with E-state index in [1.165, 1.54) is 0 Å². The molecule has 0 aliphatic carbocycles. The van der Waals surface area contributed by atoms with Crippen LogP contribution in [0.4, 0.5) is 0 Å². The molecule has 0 spiro atoms. The van der Waals surface area contributed by atoms with E-state index in [-0.39, 0.29) is 5.91 Å². The lowest BCUT2D eigenvalue weighted by molar-refractivity contribution is -0.0503. The van der Waals surface area contributed by atoms with Crippen molar-refractivity contribution in [1.29, 1.82) is 0 Å². The fraction of sp³-hybridized carbons (Fsp3) is 0.278. The average Bonchev–Trinajstić information content (AvgIpc) is 2.76. The monoisotopic (exact) mass is 281 g/mol. The van der Waals surface area contributed by atoms with Crippen LogP contribution in [-0.2, 0) is 5.72 Å². The van der Waals surface area contributed by atoms with Gasteiger partial charge in [0.1, 0.15) is 0 Å². The number of benzene rings is 2. The summed E-state index contributed by atoms with van der Waals surface area (Å²) in [7, 11) is 0. The molecule has 0 fully saturated rings. The van der Waals surface area contributed by atoms with Gasteiger partial charge in [0.25, 0.3) is 5.91 Å². The van der Waals surface area contributed by atoms with Crippen LogP contribution in [0.5, 0.6) is 0 Å². The van der Waals surface area contributed by atoms with Gasteiger partial charge in [-0.1, -0.05) is 61.9 Å². The van der Waals surface area contributed by atoms with Gasteiger partial charge in [0.15, 0.2) is 5.72 Å². The van der Waals surface area contributed by atoms with Crippen LogP contribution in [0.3, 0.4) is 0 Å². The first-order chi connectivity index (χ1) is 10.2. The maximum atomic E-state index is 12.7. The van der Waals surface area contributed by atoms with E-state index in [0.717, 1.165) is 18.4 Å². The van der Waals surface area contributed by atoms with Gasteiger partial charge in [-0.05, 0) is 12.5 Å². The Morgan fingerprint density at radius 1 is 1.05 bits per heavy atom. The normalized spacial score (nSPS) is 20.7. The minimum Gasteiger partial charge on any atom is -0.363 e. The first-order valence-electron chi connectivity index (χ1n) is 7.39. The molecule has 2 aromatic rings. The van der Waals surface area contributed by atoms with Gasteiger partial charge in [0.2, 0.25) is 0 Å². The maximum Gasteiger partial charge on any atom is 0.257 e. The van der Waals surface area contributed by atoms with Crippen molar-refractivity contribution in [1.82, 2.24) is 4.90 Å². The summed E-state index contributed by atoms with van der Waals surface area (Å²) in [5, 5.41) is 11.4. The predicted octanol–water partition coefficient (Wildman–Crippen LogP) is 3.14. The summed E-state index contributed by atoms with van der Waals surface area (Å²) in [6.45, 7) is 2.63. The Bertz CT molecular complexity index is 653. The minimum absolute atomic E-state index is 0.0922. The van der Waals surface area contributed by atoms with Crippen molar-refractivity contribution in [2.24, 2.45) is 0 Å². The number of fused-ring (bicyclic) bond motifs is 1. The molecule has 0 saturated heterocycles. The third-order valence-corrected chi connectivity index (χ3v) is 4.08. The number of rotatable bonds is 4. The average molecular weight is 281 g/mol. The van der Waals surface area contributed by atoms with Crippen molar-refractivity contribution in [3.05, 3.63) is 71.3 Å². The molecule has 0 bridgehead atoms. The largest absolute Gasteiger partial charge is 0.363 e. The summed E-state index contributed by atoms with van der Waals surface area (Å²) in [5.41, 5.74) is 0.654. The van der Waals surface area contributed by atoms with Gasteiger partial charge >= 0.3 is 0 Å². The highest BCUT2D eigenvalue weighted by molar-refractivity contribution is 6.00. The molecule has 3 heteroatoms. The number of aliphatic hydroxyl groups is 1. The molecule has 1 aliphatic heterocycles. The Morgan fingerprint density at radius 3 is 2.43 bits per heavy atom. The highest BCUT2D eigenvalue weighted by Crippen LogP contribution is 2.42. The molecule has 1 N–H and O–H groups in total. The van der Waals surface area contributed by atoms with Gasteiger partial charge in [-0.2, -0.15) is 0 Å². The number of unbranched alkanes of at least 4 members (excludes halogenated alkanes) is 1. The molecule has 21 heavy (non-hydrogen) atoms. The van der Waals surface area contributed by atoms with Crippen LogP contribution >= 0.6 is 0 Å². The smallest absolute Gasteiger partial charge is 0.257 e. The second kappa shape index (κ2) is 5.34. The van der Waals surface area contributed by atoms with Crippen LogP contribution in [0.15, 0.2) is 54.6 Å². The number of carbonyl (C=O) groups excluding carboxylic acids is 1. The van der Waals surface area contributed by atoms with Gasteiger partial charge in [-0.3, -0.25) is 4.79 Å². The van der Waals surface area contributed by atoms with Crippen LogP contribution < -0.4 is 0 Å². The standard InChI is InChI=1S/C18H19NO2/c1-2-3-13-19-17(20)15-11-7-8-12-16(15)18(19,21)14-9-5-4-6-10-14/h4-12,21H,2-3,13H2,1H3. The van der Waals surface area contributed by atoms with E-state index < -0.39 is 5.72 Å². The quantitative estimate of drug-likeness (QED) is 0.935. The Balaban J connectivity index is 2.15. The lowest BCUT2D eigenvalue weighted by Crippen LogP contribution is -2.45. The van der Waals surface area contributed by atoms with E-state index in [1.807, 2.05) is 48.5 Å². The van der Waals surface area contributed by atoms with E-state index in [4.69, 9.17) is 0 Å². The first kappa shape index (κ1) is 13.8. The lowest BCUT2D eigenvalue weighted by atomic mass is 9.94. The Kier molecular flexibility index (Phi) is 3.52. The number of hydrogen-bond donors (Lipinski definition) is 1. The van der Waals surface area contributed by atoms with Crippen LogP contribution in [0.25, 0.3) is 0 Å². The molecule has 0 radical (unpaired) electrons. The van der Waals surface area contributed by atoms with Crippen LogP contribution in [0.2, 0.25) is 0 Å². The molecule has 1 amide bonds. The molecule has 108 valence electrons. The van der Waals surface area contributed by atoms with E-state index in [9.17, 15) is 9.90 Å². The lowest BCUT2D eigenvalue weighted by Gasteiger charge is -2.34. The van der Waals surface area contributed by atoms with E-state index in [0.29, 0.717) is 17.7 Å². The van der Waals surface area contributed by atoms with Gasteiger partial charge in [0, 0.05) is 23.2 Å². The van der Waals surface area contributed by atoms with Gasteiger partial charge in [-0.15, -0.1) is 0 Å². The second-order valence-electron chi connectivity index (χ2n) is 5.39. The van der Waals surface area contributed by atoms with Crippen LogP contribution in [0.1, 0.15) is 41.3 Å². The number of carbonyl (C=O) groups is 1. The molecule has 3 rings (SSSR count).